The molecule has 2 rings (SSSR count). The van der Waals surface area contributed by atoms with Gasteiger partial charge in [0.2, 0.25) is 0 Å². The maximum atomic E-state index is 13.5. The van der Waals surface area contributed by atoms with E-state index in [9.17, 15) is 4.39 Å². The summed E-state index contributed by atoms with van der Waals surface area (Å²) in [6.07, 6.45) is 0. The first-order valence-corrected chi connectivity index (χ1v) is 5.85. The highest BCUT2D eigenvalue weighted by molar-refractivity contribution is 6.33. The van der Waals surface area contributed by atoms with Crippen LogP contribution in [0.15, 0.2) is 42.5 Å². The first kappa shape index (κ1) is 12.2. The number of para-hydroxylation sites is 1. The van der Waals surface area contributed by atoms with Crippen LogP contribution in [0.25, 0.3) is 0 Å². The number of nitrogens with one attached hydrogen (secondary N) is 1. The Morgan fingerprint density at radius 1 is 1.06 bits per heavy atom. The lowest BCUT2D eigenvalue weighted by Crippen LogP contribution is -2.01. The second-order valence-corrected chi connectivity index (χ2v) is 4.42. The summed E-state index contributed by atoms with van der Waals surface area (Å²) in [5.41, 5.74) is 1.28. The average molecular weight is 270 g/mol. The van der Waals surface area contributed by atoms with Gasteiger partial charge in [0, 0.05) is 11.6 Å². The number of anilines is 1. The van der Waals surface area contributed by atoms with Crippen LogP contribution in [0.5, 0.6) is 0 Å². The minimum atomic E-state index is -0.362. The molecule has 0 radical (unpaired) electrons. The molecular weight excluding hydrogens is 260 g/mol. The number of hydrogen-bond donors (Lipinski definition) is 1. The fraction of sp³-hybridized carbons (Fsp3) is 0.0769. The van der Waals surface area contributed by atoms with Crippen LogP contribution in [0.4, 0.5) is 10.1 Å². The smallest absolute Gasteiger partial charge is 0.147 e. The van der Waals surface area contributed by atoms with Gasteiger partial charge < -0.3 is 5.32 Å². The molecule has 0 aliphatic rings. The van der Waals surface area contributed by atoms with Crippen molar-refractivity contribution in [3.63, 3.8) is 0 Å². The Labute approximate surface area is 109 Å². The molecule has 0 saturated carbocycles. The monoisotopic (exact) mass is 269 g/mol. The number of benzene rings is 2. The fourth-order valence-electron chi connectivity index (χ4n) is 1.50. The summed E-state index contributed by atoms with van der Waals surface area (Å²) in [4.78, 5) is 0. The molecule has 0 fully saturated rings. The van der Waals surface area contributed by atoms with Gasteiger partial charge in [0.1, 0.15) is 5.82 Å². The third kappa shape index (κ3) is 3.11. The zero-order valence-electron chi connectivity index (χ0n) is 8.88. The second-order valence-electron chi connectivity index (χ2n) is 3.58. The Kier molecular flexibility index (Phi) is 3.87. The Balaban J connectivity index is 2.13. The maximum absolute atomic E-state index is 13.5. The van der Waals surface area contributed by atoms with E-state index in [0.717, 1.165) is 5.56 Å². The van der Waals surface area contributed by atoms with Crippen molar-refractivity contribution < 1.29 is 4.39 Å². The predicted octanol–water partition coefficient (Wildman–Crippen LogP) is 4.74. The molecule has 88 valence electrons. The molecule has 0 bridgehead atoms. The Bertz CT molecular complexity index is 508. The van der Waals surface area contributed by atoms with Crippen LogP contribution in [0.3, 0.4) is 0 Å². The lowest BCUT2D eigenvalue weighted by Gasteiger charge is -2.09. The SMILES string of the molecule is Fc1cccc(Cl)c1NCc1cccc(Cl)c1. The molecule has 0 spiro atoms. The molecule has 17 heavy (non-hydrogen) atoms. The highest BCUT2D eigenvalue weighted by Crippen LogP contribution is 2.25. The molecule has 0 atom stereocenters. The summed E-state index contributed by atoms with van der Waals surface area (Å²) >= 11 is 11.8. The Morgan fingerprint density at radius 3 is 2.53 bits per heavy atom. The first-order valence-electron chi connectivity index (χ1n) is 5.09. The van der Waals surface area contributed by atoms with Gasteiger partial charge in [0.15, 0.2) is 0 Å². The van der Waals surface area contributed by atoms with Gasteiger partial charge in [-0.3, -0.25) is 0 Å². The average Bonchev–Trinajstić information content (AvgIpc) is 2.28. The van der Waals surface area contributed by atoms with Crippen LogP contribution in [-0.2, 0) is 6.54 Å². The molecule has 0 saturated heterocycles. The van der Waals surface area contributed by atoms with Crippen molar-refractivity contribution in [3.8, 4) is 0 Å². The summed E-state index contributed by atoms with van der Waals surface area (Å²) in [6, 6.07) is 12.0. The zero-order valence-corrected chi connectivity index (χ0v) is 10.4. The topological polar surface area (TPSA) is 12.0 Å². The summed E-state index contributed by atoms with van der Waals surface area (Å²) < 4.78 is 13.5. The molecule has 0 aliphatic heterocycles. The van der Waals surface area contributed by atoms with Gasteiger partial charge in [-0.2, -0.15) is 0 Å². The lowest BCUT2D eigenvalue weighted by molar-refractivity contribution is 0.630. The van der Waals surface area contributed by atoms with Crippen molar-refractivity contribution in [3.05, 3.63) is 63.9 Å². The molecule has 2 aromatic carbocycles. The Hall–Kier alpha value is -1.25. The lowest BCUT2D eigenvalue weighted by atomic mass is 10.2. The molecule has 0 amide bonds. The summed E-state index contributed by atoms with van der Waals surface area (Å²) in [5, 5.41) is 3.98. The van der Waals surface area contributed by atoms with Crippen LogP contribution >= 0.6 is 23.2 Å². The third-order valence-electron chi connectivity index (χ3n) is 2.32. The molecular formula is C13H10Cl2FN. The highest BCUT2D eigenvalue weighted by atomic mass is 35.5. The summed E-state index contributed by atoms with van der Waals surface area (Å²) in [7, 11) is 0. The molecule has 0 aliphatic carbocycles. The van der Waals surface area contributed by atoms with E-state index in [1.807, 2.05) is 18.2 Å². The van der Waals surface area contributed by atoms with Crippen molar-refractivity contribution in [1.82, 2.24) is 0 Å². The van der Waals surface area contributed by atoms with E-state index in [-0.39, 0.29) is 5.82 Å². The van der Waals surface area contributed by atoms with Crippen molar-refractivity contribution >= 4 is 28.9 Å². The molecule has 0 unspecified atom stereocenters. The Morgan fingerprint density at radius 2 is 1.82 bits per heavy atom. The normalized spacial score (nSPS) is 10.3. The third-order valence-corrected chi connectivity index (χ3v) is 2.87. The van der Waals surface area contributed by atoms with E-state index in [2.05, 4.69) is 5.32 Å². The standard InChI is InChI=1S/C13H10Cl2FN/c14-10-4-1-3-9(7-10)8-17-13-11(15)5-2-6-12(13)16/h1-7,17H,8H2. The largest absolute Gasteiger partial charge is 0.377 e. The number of hydrogen-bond acceptors (Lipinski definition) is 1. The number of halogens is 3. The molecule has 2 aromatic rings. The number of rotatable bonds is 3. The van der Waals surface area contributed by atoms with Crippen molar-refractivity contribution in [2.24, 2.45) is 0 Å². The first-order chi connectivity index (χ1) is 8.16. The molecule has 4 heteroatoms. The predicted molar refractivity (Wildman–Crippen MR) is 70.2 cm³/mol. The van der Waals surface area contributed by atoms with Gasteiger partial charge in [-0.15, -0.1) is 0 Å². The van der Waals surface area contributed by atoms with Crippen LogP contribution in [0.1, 0.15) is 5.56 Å². The van der Waals surface area contributed by atoms with E-state index >= 15 is 0 Å². The van der Waals surface area contributed by atoms with Crippen LogP contribution in [-0.4, -0.2) is 0 Å². The van der Waals surface area contributed by atoms with Crippen LogP contribution in [0, 0.1) is 5.82 Å². The van der Waals surface area contributed by atoms with Gasteiger partial charge in [-0.25, -0.2) is 4.39 Å². The molecule has 1 nitrogen and oxygen atoms in total. The van der Waals surface area contributed by atoms with E-state index in [0.29, 0.717) is 22.3 Å². The van der Waals surface area contributed by atoms with Gasteiger partial charge in [0.05, 0.1) is 10.7 Å². The van der Waals surface area contributed by atoms with Gasteiger partial charge >= 0.3 is 0 Å². The van der Waals surface area contributed by atoms with Gasteiger partial charge in [-0.1, -0.05) is 41.4 Å². The van der Waals surface area contributed by atoms with E-state index in [4.69, 9.17) is 23.2 Å². The van der Waals surface area contributed by atoms with Gasteiger partial charge in [-0.05, 0) is 29.8 Å². The molecule has 1 N–H and O–H groups in total. The second kappa shape index (κ2) is 5.39. The van der Waals surface area contributed by atoms with Crippen molar-refractivity contribution in [2.75, 3.05) is 5.32 Å². The van der Waals surface area contributed by atoms with Crippen molar-refractivity contribution in [1.29, 1.82) is 0 Å². The van der Waals surface area contributed by atoms with Crippen LogP contribution < -0.4 is 5.32 Å². The maximum Gasteiger partial charge on any atom is 0.147 e. The fourth-order valence-corrected chi connectivity index (χ4v) is 1.95. The van der Waals surface area contributed by atoms with E-state index in [1.165, 1.54) is 6.07 Å². The van der Waals surface area contributed by atoms with E-state index in [1.54, 1.807) is 18.2 Å². The quantitative estimate of drug-likeness (QED) is 0.849. The summed E-state index contributed by atoms with van der Waals surface area (Å²) in [6.45, 7) is 0.473. The highest BCUT2D eigenvalue weighted by Gasteiger charge is 2.05. The molecule has 0 aromatic heterocycles. The zero-order chi connectivity index (χ0) is 12.3. The van der Waals surface area contributed by atoms with Gasteiger partial charge in [0.25, 0.3) is 0 Å². The minimum Gasteiger partial charge on any atom is -0.377 e. The van der Waals surface area contributed by atoms with Crippen LogP contribution in [0.2, 0.25) is 10.0 Å². The molecule has 0 heterocycles. The summed E-state index contributed by atoms with van der Waals surface area (Å²) in [5.74, 6) is -0.362. The van der Waals surface area contributed by atoms with E-state index < -0.39 is 0 Å². The van der Waals surface area contributed by atoms with Crippen molar-refractivity contribution in [2.45, 2.75) is 6.54 Å². The minimum absolute atomic E-state index is 0.314.